The Kier molecular flexibility index (Phi) is 5.63. The zero-order chi connectivity index (χ0) is 20.1. The van der Waals surface area contributed by atoms with Crippen LogP contribution in [-0.4, -0.2) is 12.6 Å². The minimum atomic E-state index is -4.75. The van der Waals surface area contributed by atoms with Crippen molar-refractivity contribution in [2.24, 2.45) is 0 Å². The van der Waals surface area contributed by atoms with Gasteiger partial charge in [-0.05, 0) is 53.1 Å². The standard InChI is InChI=1S/C21H14F4O3/c22-18-6-1-14(2-7-18)13-27-20-10-5-16(11-17(20)12-26)15-3-8-19(9-4-15)28-21(23,24)25/h1-12H,13H2. The van der Waals surface area contributed by atoms with Crippen LogP contribution in [0.5, 0.6) is 11.5 Å². The minimum Gasteiger partial charge on any atom is -0.488 e. The van der Waals surface area contributed by atoms with Crippen LogP contribution in [0, 0.1) is 5.82 Å². The van der Waals surface area contributed by atoms with E-state index in [1.165, 1.54) is 36.4 Å². The number of carbonyl (C=O) groups excluding carboxylic acids is 1. The van der Waals surface area contributed by atoms with Crippen LogP contribution in [0.25, 0.3) is 11.1 Å². The summed E-state index contributed by atoms with van der Waals surface area (Å²) in [7, 11) is 0. The molecule has 0 N–H and O–H groups in total. The van der Waals surface area contributed by atoms with E-state index in [1.807, 2.05) is 0 Å². The van der Waals surface area contributed by atoms with Crippen LogP contribution in [-0.2, 0) is 6.61 Å². The smallest absolute Gasteiger partial charge is 0.488 e. The fourth-order valence-corrected chi connectivity index (χ4v) is 2.54. The highest BCUT2D eigenvalue weighted by molar-refractivity contribution is 5.83. The first-order chi connectivity index (χ1) is 13.3. The zero-order valence-corrected chi connectivity index (χ0v) is 14.4. The molecule has 0 amide bonds. The third-order valence-electron chi connectivity index (χ3n) is 3.87. The summed E-state index contributed by atoms with van der Waals surface area (Å²) in [5.41, 5.74) is 2.27. The normalized spacial score (nSPS) is 11.1. The number of carbonyl (C=O) groups is 1. The highest BCUT2D eigenvalue weighted by Gasteiger charge is 2.30. The second-order valence-corrected chi connectivity index (χ2v) is 5.86. The molecular weight excluding hydrogens is 376 g/mol. The molecule has 144 valence electrons. The predicted molar refractivity (Wildman–Crippen MR) is 94.7 cm³/mol. The Morgan fingerprint density at radius 1 is 0.857 bits per heavy atom. The molecule has 0 bridgehead atoms. The maximum atomic E-state index is 12.9. The van der Waals surface area contributed by atoms with E-state index in [0.717, 1.165) is 5.56 Å². The second kappa shape index (κ2) is 8.12. The number of benzene rings is 3. The Morgan fingerprint density at radius 2 is 1.50 bits per heavy atom. The highest BCUT2D eigenvalue weighted by Crippen LogP contribution is 2.29. The first-order valence-corrected chi connectivity index (χ1v) is 8.17. The van der Waals surface area contributed by atoms with E-state index in [-0.39, 0.29) is 23.7 Å². The van der Waals surface area contributed by atoms with Crippen LogP contribution < -0.4 is 9.47 Å². The summed E-state index contributed by atoms with van der Waals surface area (Å²) >= 11 is 0. The summed E-state index contributed by atoms with van der Waals surface area (Å²) in [6.07, 6.45) is -4.12. The summed E-state index contributed by atoms with van der Waals surface area (Å²) < 4.78 is 59.1. The van der Waals surface area contributed by atoms with Gasteiger partial charge < -0.3 is 9.47 Å². The maximum absolute atomic E-state index is 12.9. The molecule has 3 nitrogen and oxygen atoms in total. The van der Waals surface area contributed by atoms with Crippen molar-refractivity contribution in [1.29, 1.82) is 0 Å². The van der Waals surface area contributed by atoms with E-state index in [1.54, 1.807) is 30.3 Å². The van der Waals surface area contributed by atoms with Crippen molar-refractivity contribution in [3.63, 3.8) is 0 Å². The van der Waals surface area contributed by atoms with Gasteiger partial charge in [0, 0.05) is 0 Å². The van der Waals surface area contributed by atoms with E-state index in [2.05, 4.69) is 4.74 Å². The van der Waals surface area contributed by atoms with Gasteiger partial charge >= 0.3 is 6.36 Å². The molecule has 0 aliphatic carbocycles. The molecule has 0 unspecified atom stereocenters. The number of hydrogen-bond donors (Lipinski definition) is 0. The lowest BCUT2D eigenvalue weighted by Gasteiger charge is -2.12. The fourth-order valence-electron chi connectivity index (χ4n) is 2.54. The lowest BCUT2D eigenvalue weighted by Crippen LogP contribution is -2.16. The van der Waals surface area contributed by atoms with Gasteiger partial charge in [0.1, 0.15) is 23.9 Å². The number of halogens is 4. The molecule has 0 fully saturated rings. The van der Waals surface area contributed by atoms with E-state index in [4.69, 9.17) is 4.74 Å². The van der Waals surface area contributed by atoms with Gasteiger partial charge in [0.15, 0.2) is 6.29 Å². The SMILES string of the molecule is O=Cc1cc(-c2ccc(OC(F)(F)F)cc2)ccc1OCc1ccc(F)cc1. The summed E-state index contributed by atoms with van der Waals surface area (Å²) in [5, 5.41) is 0. The largest absolute Gasteiger partial charge is 0.573 e. The number of ether oxygens (including phenoxy) is 2. The maximum Gasteiger partial charge on any atom is 0.573 e. The zero-order valence-electron chi connectivity index (χ0n) is 14.4. The van der Waals surface area contributed by atoms with Crippen molar-refractivity contribution >= 4 is 6.29 Å². The second-order valence-electron chi connectivity index (χ2n) is 5.86. The van der Waals surface area contributed by atoms with Crippen LogP contribution in [0.15, 0.2) is 66.7 Å². The lowest BCUT2D eigenvalue weighted by atomic mass is 10.0. The van der Waals surface area contributed by atoms with Gasteiger partial charge in [-0.15, -0.1) is 13.2 Å². The summed E-state index contributed by atoms with van der Waals surface area (Å²) in [5.74, 6) is -0.334. The van der Waals surface area contributed by atoms with Crippen molar-refractivity contribution < 1.29 is 31.8 Å². The van der Waals surface area contributed by atoms with Gasteiger partial charge in [-0.3, -0.25) is 4.79 Å². The van der Waals surface area contributed by atoms with Gasteiger partial charge in [-0.25, -0.2) is 4.39 Å². The molecule has 0 aliphatic rings. The van der Waals surface area contributed by atoms with Crippen LogP contribution in [0.3, 0.4) is 0 Å². The fraction of sp³-hybridized carbons (Fsp3) is 0.0952. The molecule has 3 rings (SSSR count). The molecule has 3 aromatic carbocycles. The first-order valence-electron chi connectivity index (χ1n) is 8.17. The van der Waals surface area contributed by atoms with Crippen molar-refractivity contribution in [1.82, 2.24) is 0 Å². The van der Waals surface area contributed by atoms with E-state index in [0.29, 0.717) is 23.2 Å². The molecule has 0 saturated heterocycles. The van der Waals surface area contributed by atoms with Crippen molar-refractivity contribution in [2.45, 2.75) is 13.0 Å². The Labute approximate surface area is 158 Å². The van der Waals surface area contributed by atoms with Crippen LogP contribution >= 0.6 is 0 Å². The van der Waals surface area contributed by atoms with Crippen molar-refractivity contribution in [3.8, 4) is 22.6 Å². The molecule has 7 heteroatoms. The number of hydrogen-bond acceptors (Lipinski definition) is 3. The Balaban J connectivity index is 1.75. The minimum absolute atomic E-state index is 0.157. The van der Waals surface area contributed by atoms with E-state index < -0.39 is 6.36 Å². The molecule has 0 radical (unpaired) electrons. The van der Waals surface area contributed by atoms with Crippen molar-refractivity contribution in [2.75, 3.05) is 0 Å². The van der Waals surface area contributed by atoms with E-state index in [9.17, 15) is 22.4 Å². The molecule has 3 aromatic rings. The van der Waals surface area contributed by atoms with Gasteiger partial charge in [0.05, 0.1) is 5.56 Å². The monoisotopic (exact) mass is 390 g/mol. The van der Waals surface area contributed by atoms with Crippen LogP contribution in [0.1, 0.15) is 15.9 Å². The Morgan fingerprint density at radius 3 is 2.11 bits per heavy atom. The highest BCUT2D eigenvalue weighted by atomic mass is 19.4. The topological polar surface area (TPSA) is 35.5 Å². The van der Waals surface area contributed by atoms with Crippen LogP contribution in [0.4, 0.5) is 17.6 Å². The predicted octanol–water partition coefficient (Wildman–Crippen LogP) is 5.78. The number of aldehydes is 1. The summed E-state index contributed by atoms with van der Waals surface area (Å²) in [6.45, 7) is 0.157. The van der Waals surface area contributed by atoms with E-state index >= 15 is 0 Å². The average molecular weight is 390 g/mol. The Bertz CT molecular complexity index is 949. The molecule has 0 aromatic heterocycles. The molecule has 0 heterocycles. The molecule has 0 saturated carbocycles. The first kappa shape index (κ1) is 19.4. The third kappa shape index (κ3) is 5.09. The van der Waals surface area contributed by atoms with Crippen molar-refractivity contribution in [3.05, 3.63) is 83.7 Å². The third-order valence-corrected chi connectivity index (χ3v) is 3.87. The van der Waals surface area contributed by atoms with Crippen LogP contribution in [0.2, 0.25) is 0 Å². The molecule has 0 spiro atoms. The molecular formula is C21H14F4O3. The van der Waals surface area contributed by atoms with Gasteiger partial charge in [-0.2, -0.15) is 0 Å². The number of rotatable bonds is 6. The lowest BCUT2D eigenvalue weighted by molar-refractivity contribution is -0.274. The summed E-state index contributed by atoms with van der Waals surface area (Å²) in [6, 6.07) is 16.0. The molecule has 0 aliphatic heterocycles. The Hall–Kier alpha value is -3.35. The summed E-state index contributed by atoms with van der Waals surface area (Å²) in [4.78, 5) is 11.4. The number of alkyl halides is 3. The molecule has 0 atom stereocenters. The van der Waals surface area contributed by atoms with Gasteiger partial charge in [0.2, 0.25) is 0 Å². The van der Waals surface area contributed by atoms with Gasteiger partial charge in [0.25, 0.3) is 0 Å². The molecule has 28 heavy (non-hydrogen) atoms. The average Bonchev–Trinajstić information content (AvgIpc) is 2.67. The quantitative estimate of drug-likeness (QED) is 0.395. The van der Waals surface area contributed by atoms with Gasteiger partial charge in [-0.1, -0.05) is 30.3 Å².